The van der Waals surface area contributed by atoms with Crippen LogP contribution in [0, 0.1) is 10.1 Å². The van der Waals surface area contributed by atoms with Gasteiger partial charge in [0.05, 0.1) is 18.2 Å². The number of methoxy groups -OCH3 is 1. The number of H-pyrrole nitrogens is 1. The van der Waals surface area contributed by atoms with Gasteiger partial charge in [-0.2, -0.15) is 5.10 Å². The molecule has 0 amide bonds. The van der Waals surface area contributed by atoms with Gasteiger partial charge in [-0.25, -0.2) is 4.79 Å². The number of benzene rings is 1. The summed E-state index contributed by atoms with van der Waals surface area (Å²) in [6.45, 7) is 0. The van der Waals surface area contributed by atoms with Gasteiger partial charge in [0.25, 0.3) is 5.69 Å². The van der Waals surface area contributed by atoms with Crippen LogP contribution in [0.4, 0.5) is 5.69 Å². The minimum atomic E-state index is -0.541. The first kappa shape index (κ1) is 11.8. The molecule has 1 aromatic carbocycles. The van der Waals surface area contributed by atoms with E-state index in [9.17, 15) is 14.9 Å². The summed E-state index contributed by atoms with van der Waals surface area (Å²) in [5, 5.41) is 16.8. The largest absolute Gasteiger partial charge is 0.464 e. The van der Waals surface area contributed by atoms with Crippen molar-refractivity contribution in [3.63, 3.8) is 0 Å². The Morgan fingerprint density at radius 2 is 2.06 bits per heavy atom. The van der Waals surface area contributed by atoms with Gasteiger partial charge >= 0.3 is 5.97 Å². The Labute approximate surface area is 102 Å². The smallest absolute Gasteiger partial charge is 0.356 e. The molecule has 0 atom stereocenters. The Morgan fingerprint density at radius 1 is 1.39 bits per heavy atom. The predicted molar refractivity (Wildman–Crippen MR) is 62.0 cm³/mol. The molecular weight excluding hydrogens is 238 g/mol. The quantitative estimate of drug-likeness (QED) is 0.506. The third-order valence-electron chi connectivity index (χ3n) is 2.42. The van der Waals surface area contributed by atoms with E-state index in [1.807, 2.05) is 0 Å². The van der Waals surface area contributed by atoms with Gasteiger partial charge in [0.15, 0.2) is 5.69 Å². The second kappa shape index (κ2) is 4.66. The maximum Gasteiger partial charge on any atom is 0.356 e. The molecule has 0 aliphatic rings. The van der Waals surface area contributed by atoms with Crippen molar-refractivity contribution in [3.05, 3.63) is 46.3 Å². The second-order valence-electron chi connectivity index (χ2n) is 3.45. The highest BCUT2D eigenvalue weighted by molar-refractivity contribution is 5.95. The number of ether oxygens (including phenoxy) is 1. The van der Waals surface area contributed by atoms with E-state index in [-0.39, 0.29) is 11.4 Å². The molecule has 7 nitrogen and oxygen atoms in total. The SMILES string of the molecule is COC(=O)c1[nH]ncc1-c1ccc([N+](=O)[O-])cc1. The van der Waals surface area contributed by atoms with Crippen LogP contribution in [0.2, 0.25) is 0 Å². The van der Waals surface area contributed by atoms with Crippen LogP contribution in [0.15, 0.2) is 30.5 Å². The van der Waals surface area contributed by atoms with Gasteiger partial charge in [-0.05, 0) is 17.7 Å². The number of nitrogens with zero attached hydrogens (tertiary/aromatic N) is 2. The topological polar surface area (TPSA) is 98.1 Å². The van der Waals surface area contributed by atoms with Crippen LogP contribution in [-0.4, -0.2) is 28.2 Å². The van der Waals surface area contributed by atoms with Crippen LogP contribution < -0.4 is 0 Å². The molecule has 1 N–H and O–H groups in total. The van der Waals surface area contributed by atoms with Crippen molar-refractivity contribution in [2.45, 2.75) is 0 Å². The van der Waals surface area contributed by atoms with Gasteiger partial charge in [0.2, 0.25) is 0 Å². The van der Waals surface area contributed by atoms with E-state index in [0.717, 1.165) is 0 Å². The van der Waals surface area contributed by atoms with Gasteiger partial charge in [0, 0.05) is 17.7 Å². The van der Waals surface area contributed by atoms with Gasteiger partial charge in [0.1, 0.15) is 0 Å². The highest BCUT2D eigenvalue weighted by atomic mass is 16.6. The maximum absolute atomic E-state index is 11.4. The van der Waals surface area contributed by atoms with Gasteiger partial charge in [-0.1, -0.05) is 0 Å². The summed E-state index contributed by atoms with van der Waals surface area (Å²) in [7, 11) is 1.27. The lowest BCUT2D eigenvalue weighted by Crippen LogP contribution is -2.03. The highest BCUT2D eigenvalue weighted by Gasteiger charge is 2.16. The number of aromatic amines is 1. The molecule has 18 heavy (non-hydrogen) atoms. The summed E-state index contributed by atoms with van der Waals surface area (Å²) in [4.78, 5) is 21.5. The number of esters is 1. The van der Waals surface area contributed by atoms with E-state index in [4.69, 9.17) is 0 Å². The molecule has 7 heteroatoms. The molecule has 0 unspecified atom stereocenters. The van der Waals surface area contributed by atoms with Crippen LogP contribution >= 0.6 is 0 Å². The summed E-state index contributed by atoms with van der Waals surface area (Å²) in [6, 6.07) is 5.83. The molecule has 1 heterocycles. The molecule has 0 bridgehead atoms. The number of carbonyl (C=O) groups excluding carboxylic acids is 1. The third-order valence-corrected chi connectivity index (χ3v) is 2.42. The summed E-state index contributed by atoms with van der Waals surface area (Å²) in [5.74, 6) is -0.541. The first-order valence-electron chi connectivity index (χ1n) is 5.00. The number of hydrogen-bond donors (Lipinski definition) is 1. The van der Waals surface area contributed by atoms with Crippen LogP contribution in [-0.2, 0) is 4.74 Å². The molecule has 2 rings (SSSR count). The molecular formula is C11H9N3O4. The van der Waals surface area contributed by atoms with Crippen molar-refractivity contribution < 1.29 is 14.5 Å². The zero-order valence-electron chi connectivity index (χ0n) is 9.41. The van der Waals surface area contributed by atoms with Gasteiger partial charge < -0.3 is 4.74 Å². The third kappa shape index (κ3) is 2.05. The van der Waals surface area contributed by atoms with E-state index >= 15 is 0 Å². The number of nitro groups is 1. The fraction of sp³-hybridized carbons (Fsp3) is 0.0909. The molecule has 0 radical (unpaired) electrons. The number of nitro benzene ring substituents is 1. The standard InChI is InChI=1S/C11H9N3O4/c1-18-11(15)10-9(6-12-13-10)7-2-4-8(5-3-7)14(16)17/h2-6H,1H3,(H,12,13). The fourth-order valence-electron chi connectivity index (χ4n) is 1.53. The average molecular weight is 247 g/mol. The lowest BCUT2D eigenvalue weighted by molar-refractivity contribution is -0.384. The molecule has 0 aliphatic heterocycles. The molecule has 92 valence electrons. The van der Waals surface area contributed by atoms with Crippen LogP contribution in [0.1, 0.15) is 10.5 Å². The first-order valence-corrected chi connectivity index (χ1v) is 5.00. The molecule has 1 aromatic heterocycles. The van der Waals surface area contributed by atoms with Crippen LogP contribution in [0.5, 0.6) is 0 Å². The zero-order valence-corrected chi connectivity index (χ0v) is 9.41. The molecule has 0 spiro atoms. The zero-order chi connectivity index (χ0) is 13.1. The van der Waals surface area contributed by atoms with Crippen molar-refractivity contribution >= 4 is 11.7 Å². The average Bonchev–Trinajstić information content (AvgIpc) is 2.87. The number of non-ortho nitro benzene ring substituents is 1. The fourth-order valence-corrected chi connectivity index (χ4v) is 1.53. The van der Waals surface area contributed by atoms with E-state index in [0.29, 0.717) is 11.1 Å². The molecule has 2 aromatic rings. The Bertz CT molecular complexity index is 589. The number of aromatic nitrogens is 2. The lowest BCUT2D eigenvalue weighted by Gasteiger charge is -2.01. The maximum atomic E-state index is 11.4. The van der Waals surface area contributed by atoms with Crippen molar-refractivity contribution in [3.8, 4) is 11.1 Å². The Balaban J connectivity index is 2.40. The van der Waals surface area contributed by atoms with E-state index in [1.165, 1.54) is 25.4 Å². The molecule has 0 fully saturated rings. The summed E-state index contributed by atoms with van der Waals surface area (Å²) < 4.78 is 4.60. The number of carbonyl (C=O) groups is 1. The Hall–Kier alpha value is -2.70. The van der Waals surface area contributed by atoms with E-state index in [2.05, 4.69) is 14.9 Å². The second-order valence-corrected chi connectivity index (χ2v) is 3.45. The predicted octanol–water partition coefficient (Wildman–Crippen LogP) is 1.77. The Morgan fingerprint density at radius 3 is 2.61 bits per heavy atom. The number of rotatable bonds is 3. The van der Waals surface area contributed by atoms with Crippen LogP contribution in [0.3, 0.4) is 0 Å². The Kier molecular flexibility index (Phi) is 3.05. The summed E-state index contributed by atoms with van der Waals surface area (Å²) in [5.41, 5.74) is 1.39. The van der Waals surface area contributed by atoms with Gasteiger partial charge in [-0.15, -0.1) is 0 Å². The van der Waals surface area contributed by atoms with Crippen molar-refractivity contribution in [2.24, 2.45) is 0 Å². The minimum Gasteiger partial charge on any atom is -0.464 e. The summed E-state index contributed by atoms with van der Waals surface area (Å²) >= 11 is 0. The van der Waals surface area contributed by atoms with E-state index < -0.39 is 10.9 Å². The lowest BCUT2D eigenvalue weighted by atomic mass is 10.1. The van der Waals surface area contributed by atoms with Crippen molar-refractivity contribution in [2.75, 3.05) is 7.11 Å². The van der Waals surface area contributed by atoms with E-state index in [1.54, 1.807) is 12.1 Å². The normalized spacial score (nSPS) is 10.1. The molecule has 0 aliphatic carbocycles. The number of hydrogen-bond acceptors (Lipinski definition) is 5. The minimum absolute atomic E-state index is 0.0122. The van der Waals surface area contributed by atoms with Gasteiger partial charge in [-0.3, -0.25) is 15.2 Å². The van der Waals surface area contributed by atoms with Crippen molar-refractivity contribution in [1.82, 2.24) is 10.2 Å². The molecule has 0 saturated carbocycles. The van der Waals surface area contributed by atoms with Crippen molar-refractivity contribution in [1.29, 1.82) is 0 Å². The highest BCUT2D eigenvalue weighted by Crippen LogP contribution is 2.24. The number of nitrogens with one attached hydrogen (secondary N) is 1. The first-order chi connectivity index (χ1) is 8.63. The summed E-state index contributed by atoms with van der Waals surface area (Å²) in [6.07, 6.45) is 1.47. The molecule has 0 saturated heterocycles. The monoisotopic (exact) mass is 247 g/mol. The van der Waals surface area contributed by atoms with Crippen LogP contribution in [0.25, 0.3) is 11.1 Å².